The molecule has 98 valence electrons. The van der Waals surface area contributed by atoms with Crippen LogP contribution in [-0.4, -0.2) is 46.7 Å². The van der Waals surface area contributed by atoms with Gasteiger partial charge in [0, 0.05) is 0 Å². The molecule has 0 heterocycles. The highest BCUT2D eigenvalue weighted by Crippen LogP contribution is 1.98. The molecule has 0 saturated heterocycles. The van der Waals surface area contributed by atoms with Crippen molar-refractivity contribution in [3.8, 4) is 0 Å². The van der Waals surface area contributed by atoms with Gasteiger partial charge in [0.15, 0.2) is 0 Å². The Morgan fingerprint density at radius 1 is 1.24 bits per heavy atom. The summed E-state index contributed by atoms with van der Waals surface area (Å²) in [6, 6.07) is -2.35. The lowest BCUT2D eigenvalue weighted by Crippen LogP contribution is -2.49. The first kappa shape index (κ1) is 15.3. The van der Waals surface area contributed by atoms with Crippen molar-refractivity contribution in [2.75, 3.05) is 6.54 Å². The van der Waals surface area contributed by atoms with Gasteiger partial charge in [-0.2, -0.15) is 0 Å². The molecule has 8 heteroatoms. The molecule has 17 heavy (non-hydrogen) atoms. The maximum Gasteiger partial charge on any atom is 0.326 e. The van der Waals surface area contributed by atoms with Crippen LogP contribution in [0.5, 0.6) is 0 Å². The van der Waals surface area contributed by atoms with Gasteiger partial charge in [-0.25, -0.2) is 4.79 Å². The van der Waals surface area contributed by atoms with E-state index in [2.05, 4.69) is 5.32 Å². The highest BCUT2D eigenvalue weighted by Gasteiger charge is 2.23. The first-order valence-electron chi connectivity index (χ1n) is 5.09. The quantitative estimate of drug-likeness (QED) is 0.335. The monoisotopic (exact) mass is 247 g/mol. The largest absolute Gasteiger partial charge is 0.481 e. The Morgan fingerprint density at radius 2 is 1.82 bits per heavy atom. The van der Waals surface area contributed by atoms with Crippen molar-refractivity contribution in [2.45, 2.75) is 31.3 Å². The molecule has 0 aliphatic heterocycles. The molecule has 0 unspecified atom stereocenters. The molecule has 0 aliphatic carbocycles. The first-order valence-corrected chi connectivity index (χ1v) is 5.09. The summed E-state index contributed by atoms with van der Waals surface area (Å²) in [5.41, 5.74) is 10.5. The number of carboxylic acids is 2. The van der Waals surface area contributed by atoms with Crippen LogP contribution in [0.4, 0.5) is 0 Å². The van der Waals surface area contributed by atoms with E-state index in [1.54, 1.807) is 0 Å². The molecule has 0 rings (SSSR count). The van der Waals surface area contributed by atoms with Gasteiger partial charge in [0.25, 0.3) is 0 Å². The lowest BCUT2D eigenvalue weighted by molar-refractivity contribution is -0.142. The molecule has 7 N–H and O–H groups in total. The van der Waals surface area contributed by atoms with E-state index in [9.17, 15) is 14.4 Å². The number of aliphatic carboxylic acids is 2. The third kappa shape index (κ3) is 6.48. The summed E-state index contributed by atoms with van der Waals surface area (Å²) < 4.78 is 0. The standard InChI is InChI=1S/C9H17N3O5/c10-3-1-2-6(9(16)17)12-8(15)5(11)4-7(13)14/h5-6H,1-4,10-11H2,(H,12,15)(H,13,14)(H,16,17)/t5-,6-/m0/s1. The Bertz CT molecular complexity index is 294. The highest BCUT2D eigenvalue weighted by molar-refractivity contribution is 5.89. The highest BCUT2D eigenvalue weighted by atomic mass is 16.4. The van der Waals surface area contributed by atoms with Gasteiger partial charge in [-0.3, -0.25) is 9.59 Å². The van der Waals surface area contributed by atoms with Crippen LogP contribution < -0.4 is 16.8 Å². The summed E-state index contributed by atoms with van der Waals surface area (Å²) in [5.74, 6) is -3.22. The Balaban J connectivity index is 4.29. The fraction of sp³-hybridized carbons (Fsp3) is 0.667. The smallest absolute Gasteiger partial charge is 0.326 e. The second-order valence-electron chi connectivity index (χ2n) is 3.53. The summed E-state index contributed by atoms with van der Waals surface area (Å²) in [6.45, 7) is 0.306. The van der Waals surface area contributed by atoms with E-state index in [4.69, 9.17) is 21.7 Å². The number of hydrogen-bond donors (Lipinski definition) is 5. The molecular formula is C9H17N3O5. The van der Waals surface area contributed by atoms with Crippen LogP contribution >= 0.6 is 0 Å². The Morgan fingerprint density at radius 3 is 2.24 bits per heavy atom. The van der Waals surface area contributed by atoms with Crippen molar-refractivity contribution in [3.63, 3.8) is 0 Å². The second-order valence-corrected chi connectivity index (χ2v) is 3.53. The summed E-state index contributed by atoms with van der Waals surface area (Å²) in [5, 5.41) is 19.4. The maximum absolute atomic E-state index is 11.4. The van der Waals surface area contributed by atoms with Crippen LogP contribution in [0.15, 0.2) is 0 Å². The molecule has 0 radical (unpaired) electrons. The molecule has 0 aromatic rings. The molecule has 0 aromatic carbocycles. The normalized spacial score (nSPS) is 13.8. The van der Waals surface area contributed by atoms with Crippen LogP contribution in [0.3, 0.4) is 0 Å². The van der Waals surface area contributed by atoms with Crippen molar-refractivity contribution in [1.82, 2.24) is 5.32 Å². The van der Waals surface area contributed by atoms with Gasteiger partial charge in [-0.1, -0.05) is 0 Å². The number of rotatable bonds is 8. The average molecular weight is 247 g/mol. The van der Waals surface area contributed by atoms with Gasteiger partial charge in [0.05, 0.1) is 12.5 Å². The number of nitrogens with two attached hydrogens (primary N) is 2. The zero-order valence-electron chi connectivity index (χ0n) is 9.26. The van der Waals surface area contributed by atoms with Gasteiger partial charge in [-0.15, -0.1) is 0 Å². The minimum absolute atomic E-state index is 0.178. The zero-order valence-corrected chi connectivity index (χ0v) is 9.26. The molecular weight excluding hydrogens is 230 g/mol. The molecule has 0 aromatic heterocycles. The molecule has 0 bridgehead atoms. The van der Waals surface area contributed by atoms with Gasteiger partial charge >= 0.3 is 11.9 Å². The number of carboxylic acid groups (broad SMARTS) is 2. The zero-order chi connectivity index (χ0) is 13.4. The van der Waals surface area contributed by atoms with Crippen molar-refractivity contribution in [3.05, 3.63) is 0 Å². The van der Waals surface area contributed by atoms with Crippen LogP contribution in [0.1, 0.15) is 19.3 Å². The number of nitrogens with one attached hydrogen (secondary N) is 1. The number of amides is 1. The molecule has 0 aliphatic rings. The van der Waals surface area contributed by atoms with E-state index < -0.39 is 36.4 Å². The van der Waals surface area contributed by atoms with E-state index in [1.807, 2.05) is 0 Å². The average Bonchev–Trinajstić information content (AvgIpc) is 2.22. The predicted octanol–water partition coefficient (Wildman–Crippen LogP) is -1.90. The molecule has 2 atom stereocenters. The van der Waals surface area contributed by atoms with E-state index in [0.717, 1.165) is 0 Å². The summed E-state index contributed by atoms with van der Waals surface area (Å²) >= 11 is 0. The molecule has 8 nitrogen and oxygen atoms in total. The number of hydrogen-bond acceptors (Lipinski definition) is 5. The van der Waals surface area contributed by atoms with Gasteiger partial charge in [-0.05, 0) is 19.4 Å². The van der Waals surface area contributed by atoms with E-state index >= 15 is 0 Å². The van der Waals surface area contributed by atoms with Gasteiger partial charge in [0.2, 0.25) is 5.91 Å². The predicted molar refractivity (Wildman–Crippen MR) is 58.1 cm³/mol. The number of carbonyl (C=O) groups excluding carboxylic acids is 1. The lowest BCUT2D eigenvalue weighted by Gasteiger charge is -2.16. The maximum atomic E-state index is 11.4. The summed E-state index contributed by atoms with van der Waals surface area (Å²) in [7, 11) is 0. The third-order valence-electron chi connectivity index (χ3n) is 2.04. The van der Waals surface area contributed by atoms with Crippen LogP contribution in [0, 0.1) is 0 Å². The first-order chi connectivity index (χ1) is 7.88. The Hall–Kier alpha value is -1.67. The molecule has 0 fully saturated rings. The molecule has 0 spiro atoms. The third-order valence-corrected chi connectivity index (χ3v) is 2.04. The van der Waals surface area contributed by atoms with Gasteiger partial charge < -0.3 is 27.0 Å². The summed E-state index contributed by atoms with van der Waals surface area (Å²) in [4.78, 5) is 32.4. The fourth-order valence-electron chi connectivity index (χ4n) is 1.14. The minimum Gasteiger partial charge on any atom is -0.481 e. The number of carbonyl (C=O) groups is 3. The van der Waals surface area contributed by atoms with Crippen molar-refractivity contribution < 1.29 is 24.6 Å². The SMILES string of the molecule is NCCC[C@H](NC(=O)[C@@H](N)CC(=O)O)C(=O)O. The van der Waals surface area contributed by atoms with E-state index in [-0.39, 0.29) is 6.42 Å². The van der Waals surface area contributed by atoms with Crippen molar-refractivity contribution in [1.29, 1.82) is 0 Å². The van der Waals surface area contributed by atoms with Gasteiger partial charge in [0.1, 0.15) is 6.04 Å². The lowest BCUT2D eigenvalue weighted by atomic mass is 10.1. The van der Waals surface area contributed by atoms with Crippen LogP contribution in [-0.2, 0) is 14.4 Å². The minimum atomic E-state index is -1.26. The van der Waals surface area contributed by atoms with Crippen LogP contribution in [0.25, 0.3) is 0 Å². The van der Waals surface area contributed by atoms with E-state index in [1.165, 1.54) is 0 Å². The Kier molecular flexibility index (Phi) is 6.83. The molecule has 0 saturated carbocycles. The summed E-state index contributed by atoms with van der Waals surface area (Å²) in [6.07, 6.45) is 0.0673. The second kappa shape index (κ2) is 7.58. The van der Waals surface area contributed by atoms with Crippen LogP contribution in [0.2, 0.25) is 0 Å². The van der Waals surface area contributed by atoms with Crippen molar-refractivity contribution >= 4 is 17.8 Å². The Labute approximate surface area is 98.0 Å². The fourth-order valence-corrected chi connectivity index (χ4v) is 1.14. The molecule has 1 amide bonds. The van der Waals surface area contributed by atoms with E-state index in [0.29, 0.717) is 13.0 Å². The topological polar surface area (TPSA) is 156 Å². The van der Waals surface area contributed by atoms with Crippen molar-refractivity contribution in [2.24, 2.45) is 11.5 Å².